The molecule has 0 saturated carbocycles. The molecule has 3 nitrogen and oxygen atoms in total. The summed E-state index contributed by atoms with van der Waals surface area (Å²) in [5, 5.41) is 0.876. The number of rotatable bonds is 4. The Morgan fingerprint density at radius 3 is 2.78 bits per heavy atom. The van der Waals surface area contributed by atoms with Gasteiger partial charge < -0.3 is 9.64 Å². The number of alkyl halides is 1. The number of likely N-dealkylation sites (tertiary alicyclic amines) is 1. The molecular formula is C14H18BrNO2. The fourth-order valence-corrected chi connectivity index (χ4v) is 3.02. The third kappa shape index (κ3) is 3.05. The Labute approximate surface area is 116 Å². The van der Waals surface area contributed by atoms with E-state index >= 15 is 0 Å². The van der Waals surface area contributed by atoms with E-state index in [0.717, 1.165) is 36.0 Å². The highest BCUT2D eigenvalue weighted by Gasteiger charge is 2.27. The highest BCUT2D eigenvalue weighted by molar-refractivity contribution is 9.09. The van der Waals surface area contributed by atoms with Gasteiger partial charge in [-0.05, 0) is 30.5 Å². The van der Waals surface area contributed by atoms with Gasteiger partial charge in [-0.25, -0.2) is 0 Å². The Kier molecular flexibility index (Phi) is 4.64. The van der Waals surface area contributed by atoms with E-state index in [1.165, 1.54) is 0 Å². The van der Waals surface area contributed by atoms with Gasteiger partial charge in [0, 0.05) is 17.9 Å². The molecule has 0 unspecified atom stereocenters. The fraction of sp³-hybridized carbons (Fsp3) is 0.500. The summed E-state index contributed by atoms with van der Waals surface area (Å²) in [7, 11) is 1.64. The van der Waals surface area contributed by atoms with Gasteiger partial charge in [-0.3, -0.25) is 4.79 Å². The number of benzene rings is 1. The Morgan fingerprint density at radius 2 is 2.17 bits per heavy atom. The van der Waals surface area contributed by atoms with Crippen LogP contribution in [0.15, 0.2) is 24.3 Å². The summed E-state index contributed by atoms with van der Waals surface area (Å²) in [4.78, 5) is 14.2. The quantitative estimate of drug-likeness (QED) is 0.800. The second kappa shape index (κ2) is 6.23. The molecule has 98 valence electrons. The third-order valence-corrected chi connectivity index (χ3v) is 4.14. The molecule has 1 atom stereocenters. The van der Waals surface area contributed by atoms with Gasteiger partial charge >= 0.3 is 0 Å². The maximum Gasteiger partial charge on any atom is 0.227 e. The van der Waals surface area contributed by atoms with Crippen LogP contribution < -0.4 is 4.74 Å². The first-order chi connectivity index (χ1) is 8.74. The molecular weight excluding hydrogens is 294 g/mol. The van der Waals surface area contributed by atoms with E-state index in [9.17, 15) is 4.79 Å². The number of hydrogen-bond donors (Lipinski definition) is 0. The zero-order chi connectivity index (χ0) is 13.0. The summed E-state index contributed by atoms with van der Waals surface area (Å²) in [5.41, 5.74) is 1.04. The molecule has 0 radical (unpaired) electrons. The van der Waals surface area contributed by atoms with Gasteiger partial charge in [0.2, 0.25) is 5.91 Å². The SMILES string of the molecule is COc1ccc(CC(=O)N2CCC[C@H]2CBr)cc1. The van der Waals surface area contributed by atoms with Crippen molar-refractivity contribution in [2.75, 3.05) is 19.0 Å². The maximum atomic E-state index is 12.2. The van der Waals surface area contributed by atoms with Crippen molar-refractivity contribution in [1.29, 1.82) is 0 Å². The Balaban J connectivity index is 1.97. The van der Waals surface area contributed by atoms with Gasteiger partial charge in [-0.15, -0.1) is 0 Å². The molecule has 1 saturated heterocycles. The minimum atomic E-state index is 0.224. The largest absolute Gasteiger partial charge is 0.497 e. The highest BCUT2D eigenvalue weighted by Crippen LogP contribution is 2.20. The number of amides is 1. The van der Waals surface area contributed by atoms with Crippen LogP contribution in [0.3, 0.4) is 0 Å². The zero-order valence-electron chi connectivity index (χ0n) is 10.6. The number of carbonyl (C=O) groups excluding carboxylic acids is 1. The number of ether oxygens (including phenoxy) is 1. The Bertz CT molecular complexity index is 405. The number of nitrogens with zero attached hydrogens (tertiary/aromatic N) is 1. The van der Waals surface area contributed by atoms with Gasteiger partial charge in [0.15, 0.2) is 0 Å². The van der Waals surface area contributed by atoms with Crippen molar-refractivity contribution in [2.45, 2.75) is 25.3 Å². The summed E-state index contributed by atoms with van der Waals surface area (Å²) >= 11 is 3.48. The van der Waals surface area contributed by atoms with Crippen LogP contribution in [0, 0.1) is 0 Å². The molecule has 1 aliphatic rings. The lowest BCUT2D eigenvalue weighted by atomic mass is 10.1. The molecule has 1 amide bonds. The van der Waals surface area contributed by atoms with Crippen LogP contribution in [0.5, 0.6) is 5.75 Å². The number of methoxy groups -OCH3 is 1. The van der Waals surface area contributed by atoms with E-state index in [1.807, 2.05) is 29.2 Å². The lowest BCUT2D eigenvalue weighted by Gasteiger charge is -2.23. The molecule has 4 heteroatoms. The summed E-state index contributed by atoms with van der Waals surface area (Å²) in [6.45, 7) is 0.894. The normalized spacial score (nSPS) is 19.0. The molecule has 1 aromatic carbocycles. The van der Waals surface area contributed by atoms with Crippen LogP contribution in [0.2, 0.25) is 0 Å². The van der Waals surface area contributed by atoms with Crippen molar-refractivity contribution in [3.8, 4) is 5.75 Å². The molecule has 0 N–H and O–H groups in total. The van der Waals surface area contributed by atoms with Gasteiger partial charge in [-0.2, -0.15) is 0 Å². The van der Waals surface area contributed by atoms with E-state index < -0.39 is 0 Å². The smallest absolute Gasteiger partial charge is 0.227 e. The Hall–Kier alpha value is -1.03. The maximum absolute atomic E-state index is 12.2. The highest BCUT2D eigenvalue weighted by atomic mass is 79.9. The minimum absolute atomic E-state index is 0.224. The van der Waals surface area contributed by atoms with Crippen LogP contribution in [0.4, 0.5) is 0 Å². The van der Waals surface area contributed by atoms with Gasteiger partial charge in [0.25, 0.3) is 0 Å². The monoisotopic (exact) mass is 311 g/mol. The standard InChI is InChI=1S/C14H18BrNO2/c1-18-13-6-4-11(5-7-13)9-14(17)16-8-2-3-12(16)10-15/h4-7,12H,2-3,8-10H2,1H3/t12-/m0/s1. The zero-order valence-corrected chi connectivity index (χ0v) is 12.1. The predicted molar refractivity (Wildman–Crippen MR) is 75.2 cm³/mol. The summed E-state index contributed by atoms with van der Waals surface area (Å²) in [6.07, 6.45) is 2.71. The first-order valence-electron chi connectivity index (χ1n) is 6.23. The van der Waals surface area contributed by atoms with E-state index in [4.69, 9.17) is 4.74 Å². The van der Waals surface area contributed by atoms with E-state index in [2.05, 4.69) is 15.9 Å². The fourth-order valence-electron chi connectivity index (χ4n) is 2.34. The van der Waals surface area contributed by atoms with E-state index in [0.29, 0.717) is 12.5 Å². The summed E-state index contributed by atoms with van der Waals surface area (Å²) in [6, 6.07) is 8.07. The number of halogens is 1. The molecule has 0 aromatic heterocycles. The lowest BCUT2D eigenvalue weighted by molar-refractivity contribution is -0.130. The van der Waals surface area contributed by atoms with Crippen LogP contribution in [-0.2, 0) is 11.2 Å². The average Bonchev–Trinajstić information content (AvgIpc) is 2.88. The van der Waals surface area contributed by atoms with E-state index in [1.54, 1.807) is 7.11 Å². The number of carbonyl (C=O) groups is 1. The first kappa shape index (κ1) is 13.4. The molecule has 1 aliphatic heterocycles. The second-order valence-corrected chi connectivity index (χ2v) is 5.21. The van der Waals surface area contributed by atoms with Crippen molar-refractivity contribution in [2.24, 2.45) is 0 Å². The molecule has 18 heavy (non-hydrogen) atoms. The van der Waals surface area contributed by atoms with Crippen LogP contribution in [0.1, 0.15) is 18.4 Å². The molecule has 1 aromatic rings. The van der Waals surface area contributed by atoms with Gasteiger partial charge in [0.1, 0.15) is 5.75 Å². The minimum Gasteiger partial charge on any atom is -0.497 e. The molecule has 0 spiro atoms. The summed E-state index contributed by atoms with van der Waals surface area (Å²) < 4.78 is 5.11. The van der Waals surface area contributed by atoms with Crippen molar-refractivity contribution in [3.63, 3.8) is 0 Å². The Morgan fingerprint density at radius 1 is 1.44 bits per heavy atom. The lowest BCUT2D eigenvalue weighted by Crippen LogP contribution is -2.37. The first-order valence-corrected chi connectivity index (χ1v) is 7.35. The van der Waals surface area contributed by atoms with Crippen molar-refractivity contribution >= 4 is 21.8 Å². The predicted octanol–water partition coefficient (Wildman–Crippen LogP) is 2.62. The van der Waals surface area contributed by atoms with E-state index in [-0.39, 0.29) is 5.91 Å². The third-order valence-electron chi connectivity index (χ3n) is 3.39. The molecule has 2 rings (SSSR count). The van der Waals surface area contributed by atoms with Crippen LogP contribution in [-0.4, -0.2) is 35.8 Å². The average molecular weight is 312 g/mol. The molecule has 0 aliphatic carbocycles. The van der Waals surface area contributed by atoms with Crippen molar-refractivity contribution in [3.05, 3.63) is 29.8 Å². The number of hydrogen-bond acceptors (Lipinski definition) is 2. The summed E-state index contributed by atoms with van der Waals surface area (Å²) in [5.74, 6) is 1.05. The topological polar surface area (TPSA) is 29.5 Å². The van der Waals surface area contributed by atoms with Crippen molar-refractivity contribution in [1.82, 2.24) is 4.90 Å². The van der Waals surface area contributed by atoms with Gasteiger partial charge in [-0.1, -0.05) is 28.1 Å². The van der Waals surface area contributed by atoms with Gasteiger partial charge in [0.05, 0.1) is 13.5 Å². The second-order valence-electron chi connectivity index (χ2n) is 4.56. The molecule has 0 bridgehead atoms. The van der Waals surface area contributed by atoms with Crippen LogP contribution >= 0.6 is 15.9 Å². The van der Waals surface area contributed by atoms with Crippen molar-refractivity contribution < 1.29 is 9.53 Å². The van der Waals surface area contributed by atoms with Crippen LogP contribution in [0.25, 0.3) is 0 Å². The molecule has 1 fully saturated rings. The molecule has 1 heterocycles.